The van der Waals surface area contributed by atoms with Crippen LogP contribution in [0.4, 0.5) is 4.39 Å². The summed E-state index contributed by atoms with van der Waals surface area (Å²) in [6.07, 6.45) is 3.87. The van der Waals surface area contributed by atoms with Crippen LogP contribution in [0.5, 0.6) is 0 Å². The van der Waals surface area contributed by atoms with E-state index in [0.29, 0.717) is 18.7 Å². The Hall–Kier alpha value is -2.21. The molecule has 5 nitrogen and oxygen atoms in total. The maximum atomic E-state index is 13.2. The average molecular weight is 317 g/mol. The quantitative estimate of drug-likeness (QED) is 0.796. The number of nitrogens with zero attached hydrogens (tertiary/aromatic N) is 3. The fraction of sp³-hybridized carbons (Fsp3) is 0.412. The van der Waals surface area contributed by atoms with Gasteiger partial charge in [-0.1, -0.05) is 0 Å². The number of carbonyl (C=O) groups is 1. The molecular formula is C17H20FN3O2. The molecule has 0 unspecified atom stereocenters. The van der Waals surface area contributed by atoms with Crippen molar-refractivity contribution in [3.8, 4) is 5.69 Å². The normalized spacial score (nSPS) is 15.0. The van der Waals surface area contributed by atoms with Crippen molar-refractivity contribution in [3.63, 3.8) is 0 Å². The van der Waals surface area contributed by atoms with E-state index in [-0.39, 0.29) is 11.8 Å². The van der Waals surface area contributed by atoms with E-state index in [4.69, 9.17) is 4.74 Å². The highest BCUT2D eigenvalue weighted by Crippen LogP contribution is 2.20. The molecular weight excluding hydrogens is 297 g/mol. The highest BCUT2D eigenvalue weighted by Gasteiger charge is 2.23. The Morgan fingerprint density at radius 1 is 1.26 bits per heavy atom. The maximum Gasteiger partial charge on any atom is 0.341 e. The van der Waals surface area contributed by atoms with Crippen LogP contribution >= 0.6 is 0 Å². The lowest BCUT2D eigenvalue weighted by Gasteiger charge is -2.17. The standard InChI is InChI=1S/C17H20FN3O2/c1-2-23-17(22)15-11-19-21(14-7-5-13(18)6-8-14)16(15)12-20-9-3-4-10-20/h5-8,11H,2-4,9-10,12H2,1H3. The van der Waals surface area contributed by atoms with Crippen LogP contribution in [0.25, 0.3) is 5.69 Å². The third-order valence-electron chi connectivity index (χ3n) is 4.01. The van der Waals surface area contributed by atoms with Gasteiger partial charge in [0, 0.05) is 6.54 Å². The second-order valence-electron chi connectivity index (χ2n) is 5.60. The summed E-state index contributed by atoms with van der Waals surface area (Å²) in [6.45, 7) is 4.76. The molecule has 1 aromatic carbocycles. The fourth-order valence-corrected chi connectivity index (χ4v) is 2.86. The lowest BCUT2D eigenvalue weighted by atomic mass is 10.2. The molecule has 0 atom stereocenters. The van der Waals surface area contributed by atoms with Gasteiger partial charge >= 0.3 is 5.97 Å². The molecule has 122 valence electrons. The number of likely N-dealkylation sites (tertiary alicyclic amines) is 1. The van der Waals surface area contributed by atoms with Crippen LogP contribution in [0.3, 0.4) is 0 Å². The molecule has 23 heavy (non-hydrogen) atoms. The van der Waals surface area contributed by atoms with E-state index in [0.717, 1.165) is 24.5 Å². The van der Waals surface area contributed by atoms with Crippen LogP contribution in [0.15, 0.2) is 30.5 Å². The van der Waals surface area contributed by atoms with Crippen LogP contribution in [-0.4, -0.2) is 40.3 Å². The fourth-order valence-electron chi connectivity index (χ4n) is 2.86. The minimum absolute atomic E-state index is 0.299. The monoisotopic (exact) mass is 317 g/mol. The Bertz CT molecular complexity index is 676. The molecule has 3 rings (SSSR count). The molecule has 1 fully saturated rings. The van der Waals surface area contributed by atoms with Gasteiger partial charge in [0.25, 0.3) is 0 Å². The van der Waals surface area contributed by atoms with E-state index in [2.05, 4.69) is 10.00 Å². The molecule has 6 heteroatoms. The van der Waals surface area contributed by atoms with Crippen LogP contribution in [0, 0.1) is 5.82 Å². The van der Waals surface area contributed by atoms with Gasteiger partial charge in [0.2, 0.25) is 0 Å². The summed E-state index contributed by atoms with van der Waals surface area (Å²) >= 11 is 0. The van der Waals surface area contributed by atoms with Crippen molar-refractivity contribution in [2.75, 3.05) is 19.7 Å². The number of hydrogen-bond acceptors (Lipinski definition) is 4. The number of hydrogen-bond donors (Lipinski definition) is 0. The zero-order valence-corrected chi connectivity index (χ0v) is 13.2. The molecule has 0 bridgehead atoms. The number of esters is 1. The highest BCUT2D eigenvalue weighted by molar-refractivity contribution is 5.90. The van der Waals surface area contributed by atoms with Gasteiger partial charge < -0.3 is 4.74 Å². The minimum atomic E-state index is -0.366. The van der Waals surface area contributed by atoms with Crippen LogP contribution in [0.1, 0.15) is 35.8 Å². The van der Waals surface area contributed by atoms with Gasteiger partial charge in [0.05, 0.1) is 24.2 Å². The summed E-state index contributed by atoms with van der Waals surface area (Å²) in [6, 6.07) is 6.09. The van der Waals surface area contributed by atoms with Gasteiger partial charge in [-0.15, -0.1) is 0 Å². The first-order valence-electron chi connectivity index (χ1n) is 7.91. The number of halogens is 1. The molecule has 0 spiro atoms. The third-order valence-corrected chi connectivity index (χ3v) is 4.01. The number of benzene rings is 1. The third kappa shape index (κ3) is 3.42. The molecule has 1 aliphatic heterocycles. The van der Waals surface area contributed by atoms with E-state index in [1.54, 1.807) is 23.7 Å². The second kappa shape index (κ2) is 6.91. The molecule has 0 radical (unpaired) electrons. The second-order valence-corrected chi connectivity index (χ2v) is 5.60. The lowest BCUT2D eigenvalue weighted by Crippen LogP contribution is -2.22. The highest BCUT2D eigenvalue weighted by atomic mass is 19.1. The summed E-state index contributed by atoms with van der Waals surface area (Å²) in [7, 11) is 0. The molecule has 0 aliphatic carbocycles. The molecule has 0 N–H and O–H groups in total. The van der Waals surface area contributed by atoms with E-state index < -0.39 is 0 Å². The lowest BCUT2D eigenvalue weighted by molar-refractivity contribution is 0.0524. The van der Waals surface area contributed by atoms with Crippen molar-refractivity contribution in [1.29, 1.82) is 0 Å². The van der Waals surface area contributed by atoms with Crippen LogP contribution in [0.2, 0.25) is 0 Å². The van der Waals surface area contributed by atoms with Gasteiger partial charge in [-0.2, -0.15) is 5.10 Å². The Morgan fingerprint density at radius 2 is 1.96 bits per heavy atom. The Kier molecular flexibility index (Phi) is 4.71. The zero-order chi connectivity index (χ0) is 16.2. The number of ether oxygens (including phenoxy) is 1. The number of rotatable bonds is 5. The summed E-state index contributed by atoms with van der Waals surface area (Å²) < 4.78 is 20.0. The van der Waals surface area contributed by atoms with Crippen LogP contribution < -0.4 is 0 Å². The smallest absolute Gasteiger partial charge is 0.341 e. The van der Waals surface area contributed by atoms with Crippen molar-refractivity contribution in [3.05, 3.63) is 47.5 Å². The van der Waals surface area contributed by atoms with Crippen molar-refractivity contribution < 1.29 is 13.9 Å². The summed E-state index contributed by atoms with van der Waals surface area (Å²) in [5, 5.41) is 4.33. The Balaban J connectivity index is 1.97. The van der Waals surface area contributed by atoms with Gasteiger partial charge in [-0.05, 0) is 57.1 Å². The topological polar surface area (TPSA) is 47.4 Å². The number of aromatic nitrogens is 2. The van der Waals surface area contributed by atoms with Crippen molar-refractivity contribution in [1.82, 2.24) is 14.7 Å². The predicted molar refractivity (Wildman–Crippen MR) is 84.0 cm³/mol. The van der Waals surface area contributed by atoms with E-state index in [1.165, 1.54) is 31.2 Å². The minimum Gasteiger partial charge on any atom is -0.462 e. The summed E-state index contributed by atoms with van der Waals surface area (Å²) in [5.41, 5.74) is 2.00. The largest absolute Gasteiger partial charge is 0.462 e. The number of carbonyl (C=O) groups excluding carboxylic acids is 1. The zero-order valence-electron chi connectivity index (χ0n) is 13.2. The molecule has 1 saturated heterocycles. The SMILES string of the molecule is CCOC(=O)c1cnn(-c2ccc(F)cc2)c1CN1CCCC1. The molecule has 2 heterocycles. The first-order chi connectivity index (χ1) is 11.2. The average Bonchev–Trinajstić information content (AvgIpc) is 3.19. The van der Waals surface area contributed by atoms with Crippen molar-refractivity contribution in [2.45, 2.75) is 26.3 Å². The molecule has 1 aliphatic rings. The van der Waals surface area contributed by atoms with Gasteiger partial charge in [0.15, 0.2) is 0 Å². The molecule has 2 aromatic rings. The van der Waals surface area contributed by atoms with Gasteiger partial charge in [0.1, 0.15) is 11.4 Å². The summed E-state index contributed by atoms with van der Waals surface area (Å²) in [4.78, 5) is 14.5. The van der Waals surface area contributed by atoms with E-state index in [9.17, 15) is 9.18 Å². The van der Waals surface area contributed by atoms with Crippen LogP contribution in [-0.2, 0) is 11.3 Å². The summed E-state index contributed by atoms with van der Waals surface area (Å²) in [5.74, 6) is -0.664. The molecule has 0 saturated carbocycles. The van der Waals surface area contributed by atoms with Gasteiger partial charge in [-0.25, -0.2) is 13.9 Å². The first kappa shape index (κ1) is 15.7. The van der Waals surface area contributed by atoms with Gasteiger partial charge in [-0.3, -0.25) is 4.90 Å². The van der Waals surface area contributed by atoms with E-state index in [1.807, 2.05) is 0 Å². The van der Waals surface area contributed by atoms with E-state index >= 15 is 0 Å². The first-order valence-corrected chi connectivity index (χ1v) is 7.91. The molecule has 0 amide bonds. The predicted octanol–water partition coefficient (Wildman–Crippen LogP) is 2.78. The maximum absolute atomic E-state index is 13.2. The molecule has 1 aromatic heterocycles. The Labute approximate surface area is 134 Å². The van der Waals surface area contributed by atoms with Crippen molar-refractivity contribution >= 4 is 5.97 Å². The Morgan fingerprint density at radius 3 is 2.61 bits per heavy atom. The van der Waals surface area contributed by atoms with Crippen molar-refractivity contribution in [2.24, 2.45) is 0 Å².